The van der Waals surface area contributed by atoms with E-state index in [1.165, 1.54) is 0 Å². The molecule has 5 nitrogen and oxygen atoms in total. The van der Waals surface area contributed by atoms with Gasteiger partial charge in [0.2, 0.25) is 5.91 Å². The van der Waals surface area contributed by atoms with Gasteiger partial charge in [0.05, 0.1) is 0 Å². The van der Waals surface area contributed by atoms with Crippen molar-refractivity contribution in [2.75, 3.05) is 6.61 Å². The SMILES string of the molecule is NC(=O)COS(=O)O. The van der Waals surface area contributed by atoms with E-state index in [2.05, 4.69) is 9.92 Å². The van der Waals surface area contributed by atoms with Gasteiger partial charge in [0, 0.05) is 0 Å². The number of rotatable bonds is 3. The summed E-state index contributed by atoms with van der Waals surface area (Å²) in [6.07, 6.45) is 0. The summed E-state index contributed by atoms with van der Waals surface area (Å²) in [5.74, 6) is -0.771. The van der Waals surface area contributed by atoms with Gasteiger partial charge in [0.1, 0.15) is 6.61 Å². The first-order valence-corrected chi connectivity index (χ1v) is 2.68. The van der Waals surface area contributed by atoms with Crippen LogP contribution in [-0.2, 0) is 20.3 Å². The molecule has 48 valence electrons. The maximum atomic E-state index is 9.76. The maximum absolute atomic E-state index is 9.76. The monoisotopic (exact) mass is 139 g/mol. The van der Waals surface area contributed by atoms with E-state index in [4.69, 9.17) is 4.55 Å². The van der Waals surface area contributed by atoms with Crippen molar-refractivity contribution in [2.45, 2.75) is 0 Å². The Kier molecular flexibility index (Phi) is 3.33. The van der Waals surface area contributed by atoms with Crippen LogP contribution in [0, 0.1) is 0 Å². The molecule has 0 aliphatic heterocycles. The fourth-order valence-electron chi connectivity index (χ4n) is 0.108. The summed E-state index contributed by atoms with van der Waals surface area (Å²) < 4.78 is 21.3. The Hall–Kier alpha value is -0.460. The van der Waals surface area contributed by atoms with Crippen molar-refractivity contribution >= 4 is 17.3 Å². The average molecular weight is 139 g/mol. The molecule has 1 atom stereocenters. The van der Waals surface area contributed by atoms with Gasteiger partial charge in [0.25, 0.3) is 0 Å². The van der Waals surface area contributed by atoms with Crippen molar-refractivity contribution in [3.8, 4) is 0 Å². The van der Waals surface area contributed by atoms with Gasteiger partial charge < -0.3 is 5.73 Å². The molecule has 0 bridgehead atoms. The lowest BCUT2D eigenvalue weighted by molar-refractivity contribution is -0.119. The molecule has 0 saturated heterocycles. The second-order valence-electron chi connectivity index (χ2n) is 0.946. The molecule has 0 saturated carbocycles. The number of carbonyl (C=O) groups is 1. The molecule has 0 aromatic rings. The standard InChI is InChI=1S/C2H5NO4S/c3-2(4)1-7-8(5)6/h1H2,(H2,3,4)(H,5,6). The summed E-state index contributed by atoms with van der Waals surface area (Å²) in [6, 6.07) is 0. The van der Waals surface area contributed by atoms with Crippen LogP contribution in [0.1, 0.15) is 0 Å². The summed E-state index contributed by atoms with van der Waals surface area (Å²) in [4.78, 5) is 9.76. The molecule has 0 radical (unpaired) electrons. The molecule has 1 unspecified atom stereocenters. The van der Waals surface area contributed by atoms with Crippen molar-refractivity contribution in [2.24, 2.45) is 5.73 Å². The Morgan fingerprint density at radius 1 is 1.88 bits per heavy atom. The lowest BCUT2D eigenvalue weighted by Gasteiger charge is -1.89. The molecule has 0 aliphatic rings. The third-order valence-corrected chi connectivity index (χ3v) is 0.621. The van der Waals surface area contributed by atoms with E-state index in [1.54, 1.807) is 0 Å². The topological polar surface area (TPSA) is 89.6 Å². The van der Waals surface area contributed by atoms with Gasteiger partial charge in [-0.05, 0) is 0 Å². The molecule has 0 aromatic heterocycles. The van der Waals surface area contributed by atoms with E-state index in [0.717, 1.165) is 0 Å². The van der Waals surface area contributed by atoms with Crippen LogP contribution in [0.5, 0.6) is 0 Å². The van der Waals surface area contributed by atoms with Gasteiger partial charge in [-0.3, -0.25) is 13.5 Å². The molecule has 0 aliphatic carbocycles. The Bertz CT molecular complexity index is 98.6. The van der Waals surface area contributed by atoms with Crippen LogP contribution in [0.2, 0.25) is 0 Å². The van der Waals surface area contributed by atoms with Crippen molar-refractivity contribution < 1.29 is 17.7 Å². The highest BCUT2D eigenvalue weighted by Gasteiger charge is 1.95. The first-order valence-electron chi connectivity index (χ1n) is 1.65. The van der Waals surface area contributed by atoms with Gasteiger partial charge >= 0.3 is 11.4 Å². The van der Waals surface area contributed by atoms with Gasteiger partial charge in [-0.1, -0.05) is 0 Å². The van der Waals surface area contributed by atoms with Crippen molar-refractivity contribution in [3.63, 3.8) is 0 Å². The Balaban J connectivity index is 3.18. The minimum absolute atomic E-state index is 0.525. The highest BCUT2D eigenvalue weighted by atomic mass is 32.2. The van der Waals surface area contributed by atoms with E-state index < -0.39 is 23.9 Å². The summed E-state index contributed by atoms with van der Waals surface area (Å²) in [5, 5.41) is 0. The molecule has 0 fully saturated rings. The molecular formula is C2H5NO4S. The van der Waals surface area contributed by atoms with Gasteiger partial charge in [-0.15, -0.1) is 0 Å². The predicted molar refractivity (Wildman–Crippen MR) is 25.9 cm³/mol. The quantitative estimate of drug-likeness (QED) is 0.472. The van der Waals surface area contributed by atoms with Crippen molar-refractivity contribution in [1.29, 1.82) is 0 Å². The zero-order valence-electron chi connectivity index (χ0n) is 3.86. The Labute approximate surface area is 48.3 Å². The summed E-state index contributed by atoms with van der Waals surface area (Å²) in [7, 11) is 0. The van der Waals surface area contributed by atoms with Crippen LogP contribution < -0.4 is 5.73 Å². The second kappa shape index (κ2) is 3.53. The van der Waals surface area contributed by atoms with E-state index >= 15 is 0 Å². The molecule has 0 heterocycles. The van der Waals surface area contributed by atoms with Crippen molar-refractivity contribution in [3.05, 3.63) is 0 Å². The lowest BCUT2D eigenvalue weighted by Crippen LogP contribution is -2.18. The fraction of sp³-hybridized carbons (Fsp3) is 0.500. The summed E-state index contributed by atoms with van der Waals surface area (Å²) in [5.41, 5.74) is 4.53. The minimum atomic E-state index is -2.39. The number of primary amides is 1. The molecule has 6 heteroatoms. The third kappa shape index (κ3) is 5.54. The number of nitrogens with two attached hydrogens (primary N) is 1. The predicted octanol–water partition coefficient (Wildman–Crippen LogP) is -1.38. The summed E-state index contributed by atoms with van der Waals surface area (Å²) >= 11 is -2.39. The van der Waals surface area contributed by atoms with Crippen LogP contribution in [0.3, 0.4) is 0 Å². The highest BCUT2D eigenvalue weighted by Crippen LogP contribution is 1.74. The first kappa shape index (κ1) is 7.54. The smallest absolute Gasteiger partial charge is 0.302 e. The minimum Gasteiger partial charge on any atom is -0.368 e. The molecular weight excluding hydrogens is 134 g/mol. The number of amides is 1. The Morgan fingerprint density at radius 2 is 2.38 bits per heavy atom. The van der Waals surface area contributed by atoms with Gasteiger partial charge in [0.15, 0.2) is 0 Å². The first-order chi connectivity index (χ1) is 3.63. The van der Waals surface area contributed by atoms with Gasteiger partial charge in [-0.2, -0.15) is 4.21 Å². The average Bonchev–Trinajstić information content (AvgIpc) is 1.61. The van der Waals surface area contributed by atoms with E-state index in [1.807, 2.05) is 0 Å². The molecule has 8 heavy (non-hydrogen) atoms. The fourth-order valence-corrected chi connectivity index (χ4v) is 0.325. The summed E-state index contributed by atoms with van der Waals surface area (Å²) in [6.45, 7) is -0.525. The van der Waals surface area contributed by atoms with Crippen molar-refractivity contribution in [1.82, 2.24) is 0 Å². The van der Waals surface area contributed by atoms with Crippen LogP contribution >= 0.6 is 0 Å². The largest absolute Gasteiger partial charge is 0.368 e. The molecule has 1 amide bonds. The zero-order chi connectivity index (χ0) is 6.57. The highest BCUT2D eigenvalue weighted by molar-refractivity contribution is 7.74. The van der Waals surface area contributed by atoms with Crippen LogP contribution in [-0.4, -0.2) is 21.3 Å². The van der Waals surface area contributed by atoms with E-state index in [-0.39, 0.29) is 0 Å². The number of hydrogen-bond acceptors (Lipinski definition) is 3. The van der Waals surface area contributed by atoms with Gasteiger partial charge in [-0.25, -0.2) is 0 Å². The molecule has 0 aromatic carbocycles. The zero-order valence-corrected chi connectivity index (χ0v) is 4.68. The third-order valence-electron chi connectivity index (χ3n) is 0.302. The Morgan fingerprint density at radius 3 is 2.50 bits per heavy atom. The van der Waals surface area contributed by atoms with E-state index in [9.17, 15) is 9.00 Å². The second-order valence-corrected chi connectivity index (χ2v) is 1.62. The van der Waals surface area contributed by atoms with E-state index in [0.29, 0.717) is 0 Å². The lowest BCUT2D eigenvalue weighted by atomic mass is 10.7. The number of hydrogen-bond donors (Lipinski definition) is 2. The molecule has 0 spiro atoms. The van der Waals surface area contributed by atoms with Crippen LogP contribution in [0.25, 0.3) is 0 Å². The normalized spacial score (nSPS) is 13.1. The molecule has 3 N–H and O–H groups in total. The van der Waals surface area contributed by atoms with Crippen LogP contribution in [0.4, 0.5) is 0 Å². The molecule has 0 rings (SSSR count). The number of carbonyl (C=O) groups excluding carboxylic acids is 1. The maximum Gasteiger partial charge on any atom is 0.302 e. The van der Waals surface area contributed by atoms with Crippen LogP contribution in [0.15, 0.2) is 0 Å².